The van der Waals surface area contributed by atoms with Gasteiger partial charge in [-0.05, 0) is 47.7 Å². The first-order valence-corrected chi connectivity index (χ1v) is 10.7. The fourth-order valence-corrected chi connectivity index (χ4v) is 3.36. The number of carbonyl (C=O) groups is 2. The zero-order valence-electron chi connectivity index (χ0n) is 18.4. The van der Waals surface area contributed by atoms with Crippen molar-refractivity contribution >= 4 is 40.3 Å². The number of anilines is 1. The number of ether oxygens (including phenoxy) is 1. The molecule has 0 aliphatic heterocycles. The lowest BCUT2D eigenvalue weighted by molar-refractivity contribution is 0.118. The van der Waals surface area contributed by atoms with E-state index in [1.165, 1.54) is 48.5 Å². The van der Waals surface area contributed by atoms with Gasteiger partial charge < -0.3 is 15.0 Å². The number of rotatable bonds is 8. The molecule has 1 atom stereocenters. The van der Waals surface area contributed by atoms with Crippen molar-refractivity contribution in [2.24, 2.45) is 0 Å². The normalized spacial score (nSPS) is 11.5. The Kier molecular flexibility index (Phi) is 8.37. The van der Waals surface area contributed by atoms with Crippen LogP contribution in [0.3, 0.4) is 0 Å². The third-order valence-corrected chi connectivity index (χ3v) is 5.51. The number of likely N-dealkylation sites (N-methyl/N-ethyl adjacent to an activating group) is 1. The van der Waals surface area contributed by atoms with Crippen LogP contribution >= 0.6 is 11.6 Å². The molecule has 2 N–H and O–H groups in total. The molecule has 2 aromatic carbocycles. The van der Waals surface area contributed by atoms with Gasteiger partial charge in [0.2, 0.25) is 0 Å². The molecule has 1 aromatic heterocycles. The summed E-state index contributed by atoms with van der Waals surface area (Å²) in [6, 6.07) is 9.13. The minimum absolute atomic E-state index is 0.0240. The van der Waals surface area contributed by atoms with Gasteiger partial charge in [0.15, 0.2) is 0 Å². The van der Waals surface area contributed by atoms with Crippen LogP contribution in [0.5, 0.6) is 0 Å². The average Bonchev–Trinajstić information content (AvgIpc) is 2.81. The lowest BCUT2D eigenvalue weighted by Crippen LogP contribution is -2.45. The maximum Gasteiger partial charge on any atom is 0.412 e. The molecule has 0 bridgehead atoms. The summed E-state index contributed by atoms with van der Waals surface area (Å²) in [6.07, 6.45) is 2.68. The van der Waals surface area contributed by atoms with E-state index in [0.717, 1.165) is 5.39 Å². The van der Waals surface area contributed by atoms with E-state index < -0.39 is 29.8 Å². The molecule has 0 unspecified atom stereocenters. The number of aromatic nitrogens is 1. The van der Waals surface area contributed by atoms with Crippen LogP contribution in [0.4, 0.5) is 24.2 Å². The minimum Gasteiger partial charge on any atom is -0.447 e. The van der Waals surface area contributed by atoms with E-state index in [9.17, 15) is 18.4 Å². The van der Waals surface area contributed by atoms with Gasteiger partial charge in [0.1, 0.15) is 24.1 Å². The quantitative estimate of drug-likeness (QED) is 0.410. The Bertz CT molecular complexity index is 1210. The first-order chi connectivity index (χ1) is 16.3. The molecule has 3 amide bonds. The summed E-state index contributed by atoms with van der Waals surface area (Å²) < 4.78 is 32.3. The van der Waals surface area contributed by atoms with E-state index in [4.69, 9.17) is 16.3 Å². The highest BCUT2D eigenvalue weighted by molar-refractivity contribution is 6.31. The Morgan fingerprint density at radius 3 is 2.79 bits per heavy atom. The zero-order valence-corrected chi connectivity index (χ0v) is 19.1. The Hall–Kier alpha value is -3.72. The SMILES string of the molecule is C=CC[C@@H](COC(=O)Nc1cc2cc(F)ccc2cn1)N(C)C(=O)NCc1cccc(F)c1Cl. The lowest BCUT2D eigenvalue weighted by Gasteiger charge is -2.27. The van der Waals surface area contributed by atoms with Gasteiger partial charge in [-0.3, -0.25) is 5.32 Å². The molecule has 0 saturated heterocycles. The van der Waals surface area contributed by atoms with Crippen LogP contribution < -0.4 is 10.6 Å². The number of fused-ring (bicyclic) bond motifs is 1. The standard InChI is InChI=1S/C24H23ClF2N4O3/c1-3-5-19(31(2)23(32)29-13-16-6-4-7-20(27)22(16)25)14-34-24(33)30-21-11-17-10-18(26)9-8-15(17)12-28-21/h3-4,6-12,19H,1,5,13-14H2,2H3,(H,29,32)(H,28,30,33)/t19-/m0/s1. The summed E-state index contributed by atoms with van der Waals surface area (Å²) >= 11 is 5.92. The number of hydrogen-bond acceptors (Lipinski definition) is 4. The van der Waals surface area contributed by atoms with Crippen LogP contribution in [0.25, 0.3) is 10.8 Å². The topological polar surface area (TPSA) is 83.6 Å². The van der Waals surface area contributed by atoms with Gasteiger partial charge in [0.25, 0.3) is 0 Å². The van der Waals surface area contributed by atoms with E-state index in [-0.39, 0.29) is 24.0 Å². The van der Waals surface area contributed by atoms with Gasteiger partial charge in [0, 0.05) is 25.2 Å². The van der Waals surface area contributed by atoms with E-state index >= 15 is 0 Å². The molecule has 3 aromatic rings. The predicted molar refractivity (Wildman–Crippen MR) is 127 cm³/mol. The molecule has 0 fully saturated rings. The molecule has 178 valence electrons. The number of benzene rings is 2. The molecule has 3 rings (SSSR count). The summed E-state index contributed by atoms with van der Waals surface area (Å²) in [5, 5.41) is 6.38. The third-order valence-electron chi connectivity index (χ3n) is 5.09. The van der Waals surface area contributed by atoms with Gasteiger partial charge in [-0.15, -0.1) is 6.58 Å². The van der Waals surface area contributed by atoms with Gasteiger partial charge >= 0.3 is 12.1 Å². The highest BCUT2D eigenvalue weighted by Crippen LogP contribution is 2.20. The molecular formula is C24H23ClF2N4O3. The minimum atomic E-state index is -0.780. The maximum absolute atomic E-state index is 13.6. The second kappa shape index (κ2) is 11.4. The molecular weight excluding hydrogens is 466 g/mol. The Morgan fingerprint density at radius 2 is 2.03 bits per heavy atom. The van der Waals surface area contributed by atoms with Crippen LogP contribution in [0.1, 0.15) is 12.0 Å². The Morgan fingerprint density at radius 1 is 1.24 bits per heavy atom. The molecule has 1 heterocycles. The number of urea groups is 1. The van der Waals surface area contributed by atoms with Gasteiger partial charge in [0.05, 0.1) is 11.1 Å². The predicted octanol–water partition coefficient (Wildman–Crippen LogP) is 5.50. The summed E-state index contributed by atoms with van der Waals surface area (Å²) in [4.78, 5) is 30.3. The second-order valence-corrected chi connectivity index (χ2v) is 7.82. The van der Waals surface area contributed by atoms with Crippen LogP contribution in [0.2, 0.25) is 5.02 Å². The van der Waals surface area contributed by atoms with E-state index in [1.54, 1.807) is 18.2 Å². The van der Waals surface area contributed by atoms with Crippen molar-refractivity contribution in [3.05, 3.63) is 83.5 Å². The van der Waals surface area contributed by atoms with Crippen LogP contribution in [0, 0.1) is 11.6 Å². The third kappa shape index (κ3) is 6.41. The fourth-order valence-electron chi connectivity index (χ4n) is 3.17. The van der Waals surface area contributed by atoms with Crippen molar-refractivity contribution in [1.82, 2.24) is 15.2 Å². The Balaban J connectivity index is 1.56. The smallest absolute Gasteiger partial charge is 0.412 e. The van der Waals surface area contributed by atoms with Crippen molar-refractivity contribution < 1.29 is 23.1 Å². The summed E-state index contributed by atoms with van der Waals surface area (Å²) in [6.45, 7) is 3.58. The summed E-state index contributed by atoms with van der Waals surface area (Å²) in [7, 11) is 1.54. The fraction of sp³-hybridized carbons (Fsp3) is 0.208. The molecule has 34 heavy (non-hydrogen) atoms. The maximum atomic E-state index is 13.6. The Labute approximate surface area is 200 Å². The van der Waals surface area contributed by atoms with Gasteiger partial charge in [-0.25, -0.2) is 23.4 Å². The molecule has 0 aliphatic carbocycles. The average molecular weight is 489 g/mol. The monoisotopic (exact) mass is 488 g/mol. The van der Waals surface area contributed by atoms with Gasteiger partial charge in [-0.2, -0.15) is 0 Å². The zero-order chi connectivity index (χ0) is 24.7. The van der Waals surface area contributed by atoms with Gasteiger partial charge in [-0.1, -0.05) is 29.8 Å². The molecule has 0 saturated carbocycles. The van der Waals surface area contributed by atoms with Crippen LogP contribution in [0.15, 0.2) is 61.3 Å². The van der Waals surface area contributed by atoms with E-state index in [0.29, 0.717) is 17.4 Å². The van der Waals surface area contributed by atoms with E-state index in [2.05, 4.69) is 22.2 Å². The van der Waals surface area contributed by atoms with Crippen molar-refractivity contribution in [2.45, 2.75) is 19.0 Å². The molecule has 7 nitrogen and oxygen atoms in total. The van der Waals surface area contributed by atoms with Crippen LogP contribution in [-0.4, -0.2) is 41.7 Å². The number of halogens is 3. The number of nitrogens with zero attached hydrogens (tertiary/aromatic N) is 2. The number of pyridine rings is 1. The van der Waals surface area contributed by atoms with Crippen molar-refractivity contribution in [3.63, 3.8) is 0 Å². The van der Waals surface area contributed by atoms with Crippen molar-refractivity contribution in [2.75, 3.05) is 19.0 Å². The van der Waals surface area contributed by atoms with Crippen LogP contribution in [-0.2, 0) is 11.3 Å². The molecule has 0 spiro atoms. The number of carbonyl (C=O) groups excluding carboxylic acids is 2. The molecule has 0 radical (unpaired) electrons. The lowest BCUT2D eigenvalue weighted by atomic mass is 10.2. The highest BCUT2D eigenvalue weighted by atomic mass is 35.5. The first-order valence-electron chi connectivity index (χ1n) is 10.3. The summed E-state index contributed by atoms with van der Waals surface area (Å²) in [5.74, 6) is -0.779. The van der Waals surface area contributed by atoms with Crippen molar-refractivity contribution in [1.29, 1.82) is 0 Å². The largest absolute Gasteiger partial charge is 0.447 e. The number of hydrogen-bond donors (Lipinski definition) is 2. The second-order valence-electron chi connectivity index (χ2n) is 7.45. The van der Waals surface area contributed by atoms with E-state index in [1.807, 2.05) is 0 Å². The molecule has 10 heteroatoms. The number of amides is 3. The highest BCUT2D eigenvalue weighted by Gasteiger charge is 2.21. The van der Waals surface area contributed by atoms with Crippen molar-refractivity contribution in [3.8, 4) is 0 Å². The molecule has 0 aliphatic rings. The summed E-state index contributed by atoms with van der Waals surface area (Å²) in [5.41, 5.74) is 0.432. The first kappa shape index (κ1) is 24.9. The number of nitrogens with one attached hydrogen (secondary N) is 2.